The summed E-state index contributed by atoms with van der Waals surface area (Å²) in [7, 11) is 1.68. The molecule has 0 saturated carbocycles. The molecule has 12 heteroatoms. The lowest BCUT2D eigenvalue weighted by Gasteiger charge is -2.35. The Morgan fingerprint density at radius 1 is 0.978 bits per heavy atom. The van der Waals surface area contributed by atoms with Gasteiger partial charge in [-0.2, -0.15) is 5.10 Å². The highest BCUT2D eigenvalue weighted by atomic mass is 16.3. The maximum atomic E-state index is 13.4. The van der Waals surface area contributed by atoms with Crippen molar-refractivity contribution in [2.24, 2.45) is 0 Å². The number of fused-ring (bicyclic) bond motifs is 1. The number of nitrogens with one attached hydrogen (secondary N) is 2. The minimum Gasteiger partial charge on any atom is -0.395 e. The van der Waals surface area contributed by atoms with Gasteiger partial charge in [-0.25, -0.2) is 14.8 Å². The van der Waals surface area contributed by atoms with Gasteiger partial charge in [-0.05, 0) is 62.4 Å². The zero-order valence-corrected chi connectivity index (χ0v) is 25.8. The number of hydrogen-bond acceptors (Lipinski definition) is 9. The van der Waals surface area contributed by atoms with Crippen LogP contribution in [0.25, 0.3) is 10.9 Å². The molecule has 2 aromatic carbocycles. The molecule has 0 atom stereocenters. The first kappa shape index (κ1) is 30.0. The first-order valence-electron chi connectivity index (χ1n) is 15.1. The number of aromatic nitrogens is 5. The Morgan fingerprint density at radius 2 is 1.76 bits per heavy atom. The van der Waals surface area contributed by atoms with Crippen molar-refractivity contribution in [1.82, 2.24) is 29.6 Å². The van der Waals surface area contributed by atoms with Gasteiger partial charge in [-0.15, -0.1) is 0 Å². The summed E-state index contributed by atoms with van der Waals surface area (Å²) in [6.45, 7) is 9.10. The Labute approximate surface area is 262 Å². The largest absolute Gasteiger partial charge is 0.395 e. The van der Waals surface area contributed by atoms with Gasteiger partial charge in [-0.3, -0.25) is 19.5 Å². The molecular weight excluding hydrogens is 568 g/mol. The number of carbonyl (C=O) groups excluding carboxylic acids is 1. The van der Waals surface area contributed by atoms with E-state index < -0.39 is 0 Å². The van der Waals surface area contributed by atoms with E-state index in [0.29, 0.717) is 23.9 Å². The molecule has 12 nitrogen and oxygen atoms in total. The Kier molecular flexibility index (Phi) is 8.85. The van der Waals surface area contributed by atoms with Crippen molar-refractivity contribution >= 4 is 45.6 Å². The second-order valence-corrected chi connectivity index (χ2v) is 11.2. The molecular formula is C33H38N10O2. The molecule has 3 aromatic heterocycles. The molecule has 4 heterocycles. The zero-order valence-electron chi connectivity index (χ0n) is 25.8. The summed E-state index contributed by atoms with van der Waals surface area (Å²) >= 11 is 0. The number of nitrogens with zero attached hydrogens (tertiary/aromatic N) is 8. The topological polar surface area (TPSA) is 128 Å². The summed E-state index contributed by atoms with van der Waals surface area (Å²) in [5.41, 5.74) is 6.33. The number of carbonyl (C=O) groups is 1. The van der Waals surface area contributed by atoms with E-state index in [0.717, 1.165) is 72.1 Å². The lowest BCUT2D eigenvalue weighted by Crippen LogP contribution is -2.47. The van der Waals surface area contributed by atoms with Crippen molar-refractivity contribution < 1.29 is 9.90 Å². The highest BCUT2D eigenvalue weighted by Crippen LogP contribution is 2.28. The number of aliphatic hydroxyl groups excluding tert-OH is 1. The van der Waals surface area contributed by atoms with Gasteiger partial charge in [0.05, 0.1) is 35.7 Å². The van der Waals surface area contributed by atoms with Gasteiger partial charge >= 0.3 is 6.03 Å². The summed E-state index contributed by atoms with van der Waals surface area (Å²) < 4.78 is 1.92. The number of benzene rings is 2. The summed E-state index contributed by atoms with van der Waals surface area (Å²) in [6, 6.07) is 21.4. The van der Waals surface area contributed by atoms with Crippen LogP contribution in [0.2, 0.25) is 0 Å². The molecule has 3 N–H and O–H groups in total. The van der Waals surface area contributed by atoms with Crippen LogP contribution in [0.1, 0.15) is 17.1 Å². The second kappa shape index (κ2) is 13.3. The Balaban J connectivity index is 1.11. The number of piperazine rings is 1. The molecule has 2 amide bonds. The van der Waals surface area contributed by atoms with Gasteiger partial charge in [0.2, 0.25) is 0 Å². The third-order valence-electron chi connectivity index (χ3n) is 8.05. The molecule has 1 aliphatic heterocycles. The van der Waals surface area contributed by atoms with E-state index >= 15 is 0 Å². The summed E-state index contributed by atoms with van der Waals surface area (Å²) in [4.78, 5) is 32.8. The molecule has 0 bridgehead atoms. The van der Waals surface area contributed by atoms with Crippen molar-refractivity contribution in [3.63, 3.8) is 0 Å². The van der Waals surface area contributed by atoms with E-state index in [1.54, 1.807) is 13.1 Å². The van der Waals surface area contributed by atoms with E-state index in [1.165, 1.54) is 11.2 Å². The zero-order chi connectivity index (χ0) is 31.3. The van der Waals surface area contributed by atoms with Crippen LogP contribution >= 0.6 is 0 Å². The van der Waals surface area contributed by atoms with E-state index in [2.05, 4.69) is 47.5 Å². The predicted octanol–water partition coefficient (Wildman–Crippen LogP) is 4.41. The van der Waals surface area contributed by atoms with Crippen molar-refractivity contribution in [2.75, 3.05) is 66.8 Å². The third-order valence-corrected chi connectivity index (χ3v) is 8.05. The van der Waals surface area contributed by atoms with E-state index in [9.17, 15) is 9.90 Å². The molecule has 0 unspecified atom stereocenters. The van der Waals surface area contributed by atoms with Gasteiger partial charge in [0.25, 0.3) is 0 Å². The minimum absolute atomic E-state index is 0.196. The van der Waals surface area contributed by atoms with Crippen molar-refractivity contribution in [2.45, 2.75) is 20.4 Å². The van der Waals surface area contributed by atoms with Crippen LogP contribution in [0, 0.1) is 13.8 Å². The average Bonchev–Trinajstić information content (AvgIpc) is 3.37. The van der Waals surface area contributed by atoms with Gasteiger partial charge in [0.15, 0.2) is 0 Å². The maximum Gasteiger partial charge on any atom is 0.327 e. The van der Waals surface area contributed by atoms with E-state index in [4.69, 9.17) is 5.10 Å². The van der Waals surface area contributed by atoms with Crippen LogP contribution in [0.15, 0.2) is 73.1 Å². The highest BCUT2D eigenvalue weighted by Gasteiger charge is 2.19. The fraction of sp³-hybridized carbons (Fsp3) is 0.303. The number of rotatable bonds is 9. The first-order chi connectivity index (χ1) is 21.9. The van der Waals surface area contributed by atoms with Crippen molar-refractivity contribution in [3.05, 3.63) is 90.1 Å². The first-order valence-corrected chi connectivity index (χ1v) is 15.1. The Hall–Kier alpha value is -5.07. The molecule has 1 saturated heterocycles. The van der Waals surface area contributed by atoms with Gasteiger partial charge in [-0.1, -0.05) is 12.1 Å². The second-order valence-electron chi connectivity index (χ2n) is 11.2. The number of anilines is 5. The number of pyridine rings is 1. The fourth-order valence-corrected chi connectivity index (χ4v) is 5.66. The molecule has 1 aliphatic rings. The molecule has 6 rings (SSSR count). The molecule has 0 radical (unpaired) electrons. The number of aryl methyl sites for hydroxylation is 2. The molecule has 232 valence electrons. The number of hydrogen-bond donors (Lipinski definition) is 3. The fourth-order valence-electron chi connectivity index (χ4n) is 5.66. The van der Waals surface area contributed by atoms with Crippen molar-refractivity contribution in [1.29, 1.82) is 0 Å². The van der Waals surface area contributed by atoms with E-state index in [-0.39, 0.29) is 12.6 Å². The van der Waals surface area contributed by atoms with Crippen LogP contribution < -0.4 is 20.4 Å². The normalized spacial score (nSPS) is 13.6. The lowest BCUT2D eigenvalue weighted by molar-refractivity contribution is 0.189. The number of urea groups is 1. The van der Waals surface area contributed by atoms with Crippen molar-refractivity contribution in [3.8, 4) is 0 Å². The Morgan fingerprint density at radius 3 is 2.51 bits per heavy atom. The predicted molar refractivity (Wildman–Crippen MR) is 177 cm³/mol. The monoisotopic (exact) mass is 606 g/mol. The smallest absolute Gasteiger partial charge is 0.327 e. The van der Waals surface area contributed by atoms with Gasteiger partial charge in [0, 0.05) is 68.3 Å². The van der Waals surface area contributed by atoms with Crippen LogP contribution in [-0.2, 0) is 6.54 Å². The molecule has 1 fully saturated rings. The van der Waals surface area contributed by atoms with Crippen LogP contribution in [0.3, 0.4) is 0 Å². The van der Waals surface area contributed by atoms with Gasteiger partial charge in [0.1, 0.15) is 18.0 Å². The number of amides is 2. The Bertz CT molecular complexity index is 1780. The summed E-state index contributed by atoms with van der Waals surface area (Å²) in [5.74, 6) is 1.03. The van der Waals surface area contributed by atoms with Crippen LogP contribution in [0.4, 0.5) is 33.5 Å². The minimum atomic E-state index is -0.330. The van der Waals surface area contributed by atoms with E-state index in [1.807, 2.05) is 67.1 Å². The molecule has 0 aliphatic carbocycles. The summed E-state index contributed by atoms with van der Waals surface area (Å²) in [6.07, 6.45) is 1.44. The number of aliphatic hydroxyl groups is 1. The molecule has 0 spiro atoms. The standard InChI is InChI=1S/C33H38N10O2/c1-23-6-4-7-26(36-23)21-43-29-9-5-8-28(32(29)24(2)39-43)38-33(45)40(3)31-20-30(34-22-35-31)37-25-10-12-27(13-11-25)42-16-14-41(15-17-42)18-19-44/h4-13,20,22,44H,14-19,21H2,1-3H3,(H,38,45)(H,34,35,37). The van der Waals surface area contributed by atoms with Crippen LogP contribution in [0.5, 0.6) is 0 Å². The maximum absolute atomic E-state index is 13.4. The SMILES string of the molecule is Cc1cccc(Cn2nc(C)c3c(NC(=O)N(C)c4cc(Nc5ccc(N6CCN(CCO)CC6)cc5)ncn4)cccc32)n1. The average molecular weight is 607 g/mol. The number of β-amino-alcohol motifs (C(OH)–C–C–N with tert-alkyl or cyclic N) is 1. The highest BCUT2D eigenvalue weighted by molar-refractivity contribution is 6.07. The summed E-state index contributed by atoms with van der Waals surface area (Å²) in [5, 5.41) is 21.2. The van der Waals surface area contributed by atoms with Crippen LogP contribution in [-0.4, -0.2) is 87.1 Å². The quantitative estimate of drug-likeness (QED) is 0.224. The molecule has 45 heavy (non-hydrogen) atoms. The third kappa shape index (κ3) is 6.87. The lowest BCUT2D eigenvalue weighted by atomic mass is 10.1. The van der Waals surface area contributed by atoms with Gasteiger partial charge < -0.3 is 20.6 Å². The molecule has 5 aromatic rings.